The molecule has 2 aliphatic rings. The highest BCUT2D eigenvalue weighted by Crippen LogP contribution is 2.43. The van der Waals surface area contributed by atoms with E-state index < -0.39 is 0 Å². The lowest BCUT2D eigenvalue weighted by Crippen LogP contribution is -2.33. The Labute approximate surface area is 84.1 Å². The van der Waals surface area contributed by atoms with Crippen molar-refractivity contribution in [2.45, 2.75) is 18.4 Å². The second-order valence-corrected chi connectivity index (χ2v) is 4.19. The molecule has 1 aliphatic carbocycles. The minimum atomic E-state index is 0.144. The fourth-order valence-corrected chi connectivity index (χ4v) is 2.44. The molecular formula is C13H13N. The van der Waals surface area contributed by atoms with E-state index in [4.69, 9.17) is 0 Å². The topological polar surface area (TPSA) is 12.0 Å². The van der Waals surface area contributed by atoms with Crippen LogP contribution in [0.2, 0.25) is 0 Å². The van der Waals surface area contributed by atoms with Crippen molar-refractivity contribution >= 4 is 5.69 Å². The van der Waals surface area contributed by atoms with Crippen molar-refractivity contribution < 1.29 is 0 Å². The van der Waals surface area contributed by atoms with E-state index >= 15 is 0 Å². The van der Waals surface area contributed by atoms with Crippen molar-refractivity contribution in [3.8, 4) is 0 Å². The average Bonchev–Trinajstić information content (AvgIpc) is 2.51. The fourth-order valence-electron chi connectivity index (χ4n) is 2.44. The average molecular weight is 183 g/mol. The maximum Gasteiger partial charge on any atom is 0.0577 e. The van der Waals surface area contributed by atoms with Gasteiger partial charge in [-0.1, -0.05) is 42.5 Å². The van der Waals surface area contributed by atoms with Gasteiger partial charge in [0, 0.05) is 11.1 Å². The molecule has 14 heavy (non-hydrogen) atoms. The van der Waals surface area contributed by atoms with E-state index in [1.54, 1.807) is 0 Å². The van der Waals surface area contributed by atoms with E-state index in [-0.39, 0.29) is 5.41 Å². The predicted octanol–water partition coefficient (Wildman–Crippen LogP) is 2.86. The van der Waals surface area contributed by atoms with Gasteiger partial charge >= 0.3 is 0 Å². The van der Waals surface area contributed by atoms with E-state index in [1.807, 2.05) is 0 Å². The Morgan fingerprint density at radius 1 is 1.21 bits per heavy atom. The number of anilines is 1. The molecule has 70 valence electrons. The smallest absolute Gasteiger partial charge is 0.0577 e. The minimum absolute atomic E-state index is 0.144. The third-order valence-corrected chi connectivity index (χ3v) is 3.32. The zero-order valence-electron chi connectivity index (χ0n) is 8.20. The molecule has 2 unspecified atom stereocenters. The van der Waals surface area contributed by atoms with Gasteiger partial charge in [0.1, 0.15) is 0 Å². The SMILES string of the molecule is CC12C=CC=CC1Nc1ccccc12. The maximum absolute atomic E-state index is 3.54. The van der Waals surface area contributed by atoms with Crippen LogP contribution in [0.1, 0.15) is 12.5 Å². The van der Waals surface area contributed by atoms with Gasteiger partial charge in [-0.2, -0.15) is 0 Å². The second kappa shape index (κ2) is 2.50. The number of rotatable bonds is 0. The Hall–Kier alpha value is -1.50. The molecule has 1 nitrogen and oxygen atoms in total. The number of benzene rings is 1. The lowest BCUT2D eigenvalue weighted by Gasteiger charge is -2.28. The van der Waals surface area contributed by atoms with Crippen LogP contribution in [0, 0.1) is 0 Å². The molecule has 0 bridgehead atoms. The molecule has 0 amide bonds. The van der Waals surface area contributed by atoms with Gasteiger partial charge in [0.15, 0.2) is 0 Å². The molecule has 0 saturated heterocycles. The van der Waals surface area contributed by atoms with E-state index in [9.17, 15) is 0 Å². The van der Waals surface area contributed by atoms with Crippen LogP contribution in [0.3, 0.4) is 0 Å². The number of para-hydroxylation sites is 1. The zero-order chi connectivity index (χ0) is 9.60. The summed E-state index contributed by atoms with van der Waals surface area (Å²) in [5.74, 6) is 0. The Balaban J connectivity index is 2.21. The monoisotopic (exact) mass is 183 g/mol. The summed E-state index contributed by atoms with van der Waals surface area (Å²) in [4.78, 5) is 0. The number of nitrogens with one attached hydrogen (secondary N) is 1. The molecule has 1 N–H and O–H groups in total. The maximum atomic E-state index is 3.54. The van der Waals surface area contributed by atoms with Crippen molar-refractivity contribution in [1.82, 2.24) is 0 Å². The lowest BCUT2D eigenvalue weighted by atomic mass is 9.76. The van der Waals surface area contributed by atoms with Crippen LogP contribution in [0.5, 0.6) is 0 Å². The molecule has 0 saturated carbocycles. The molecule has 1 aromatic carbocycles. The lowest BCUT2D eigenvalue weighted by molar-refractivity contribution is 0.579. The molecular weight excluding hydrogens is 170 g/mol. The van der Waals surface area contributed by atoms with Gasteiger partial charge in [0.2, 0.25) is 0 Å². The molecule has 3 rings (SSSR count). The van der Waals surface area contributed by atoms with Crippen LogP contribution >= 0.6 is 0 Å². The van der Waals surface area contributed by atoms with E-state index in [2.05, 4.69) is 60.8 Å². The van der Waals surface area contributed by atoms with E-state index in [1.165, 1.54) is 11.3 Å². The summed E-state index contributed by atoms with van der Waals surface area (Å²) in [5.41, 5.74) is 2.83. The normalized spacial score (nSPS) is 32.2. The third kappa shape index (κ3) is 0.844. The summed E-state index contributed by atoms with van der Waals surface area (Å²) in [6, 6.07) is 8.98. The summed E-state index contributed by atoms with van der Waals surface area (Å²) in [5, 5.41) is 3.54. The zero-order valence-corrected chi connectivity index (χ0v) is 8.20. The van der Waals surface area contributed by atoms with Gasteiger partial charge in [0.05, 0.1) is 6.04 Å². The summed E-state index contributed by atoms with van der Waals surface area (Å²) < 4.78 is 0. The molecule has 0 aromatic heterocycles. The summed E-state index contributed by atoms with van der Waals surface area (Å²) >= 11 is 0. The van der Waals surface area contributed by atoms with Gasteiger partial charge in [-0.3, -0.25) is 0 Å². The van der Waals surface area contributed by atoms with Crippen molar-refractivity contribution in [3.05, 3.63) is 54.1 Å². The number of hydrogen-bond donors (Lipinski definition) is 1. The van der Waals surface area contributed by atoms with Gasteiger partial charge in [0.25, 0.3) is 0 Å². The van der Waals surface area contributed by atoms with Crippen molar-refractivity contribution in [1.29, 1.82) is 0 Å². The van der Waals surface area contributed by atoms with Gasteiger partial charge in [-0.05, 0) is 18.6 Å². The number of allylic oxidation sites excluding steroid dienone is 2. The Bertz CT molecular complexity index is 431. The summed E-state index contributed by atoms with van der Waals surface area (Å²) in [7, 11) is 0. The largest absolute Gasteiger partial charge is 0.377 e. The minimum Gasteiger partial charge on any atom is -0.377 e. The predicted molar refractivity (Wildman–Crippen MR) is 59.5 cm³/mol. The van der Waals surface area contributed by atoms with Crippen LogP contribution in [0.15, 0.2) is 48.6 Å². The highest BCUT2D eigenvalue weighted by Gasteiger charge is 2.40. The van der Waals surface area contributed by atoms with Gasteiger partial charge in [-0.25, -0.2) is 0 Å². The fraction of sp³-hybridized carbons (Fsp3) is 0.231. The first kappa shape index (κ1) is 7.86. The Morgan fingerprint density at radius 2 is 2.07 bits per heavy atom. The molecule has 1 heteroatoms. The highest BCUT2D eigenvalue weighted by molar-refractivity contribution is 5.65. The molecule has 2 atom stereocenters. The Morgan fingerprint density at radius 3 is 3.00 bits per heavy atom. The first-order valence-electron chi connectivity index (χ1n) is 5.03. The van der Waals surface area contributed by atoms with Crippen molar-refractivity contribution in [3.63, 3.8) is 0 Å². The standard InChI is InChI=1S/C13H13N/c1-13-9-5-4-8-12(13)14-11-7-3-2-6-10(11)13/h2-9,12,14H,1H3. The van der Waals surface area contributed by atoms with Crippen molar-refractivity contribution in [2.75, 3.05) is 5.32 Å². The molecule has 1 heterocycles. The van der Waals surface area contributed by atoms with Gasteiger partial charge in [-0.15, -0.1) is 0 Å². The van der Waals surface area contributed by atoms with Crippen LogP contribution in [0.25, 0.3) is 0 Å². The van der Waals surface area contributed by atoms with E-state index in [0.29, 0.717) is 6.04 Å². The first-order valence-corrected chi connectivity index (χ1v) is 5.03. The third-order valence-electron chi connectivity index (χ3n) is 3.32. The quantitative estimate of drug-likeness (QED) is 0.652. The van der Waals surface area contributed by atoms with Crippen molar-refractivity contribution in [2.24, 2.45) is 0 Å². The molecule has 1 aromatic rings. The number of hydrogen-bond acceptors (Lipinski definition) is 1. The van der Waals surface area contributed by atoms with Gasteiger partial charge < -0.3 is 5.32 Å². The van der Waals surface area contributed by atoms with Crippen LogP contribution in [-0.4, -0.2) is 6.04 Å². The molecule has 0 fully saturated rings. The molecule has 1 aliphatic heterocycles. The molecule has 0 radical (unpaired) electrons. The van der Waals surface area contributed by atoms with Crippen LogP contribution < -0.4 is 5.32 Å². The Kier molecular flexibility index (Phi) is 1.41. The van der Waals surface area contributed by atoms with Crippen LogP contribution in [0.4, 0.5) is 5.69 Å². The van der Waals surface area contributed by atoms with Crippen LogP contribution in [-0.2, 0) is 5.41 Å². The summed E-state index contributed by atoms with van der Waals surface area (Å²) in [6.07, 6.45) is 8.78. The molecule has 0 spiro atoms. The highest BCUT2D eigenvalue weighted by atomic mass is 15.0. The number of fused-ring (bicyclic) bond motifs is 3. The summed E-state index contributed by atoms with van der Waals surface area (Å²) in [6.45, 7) is 2.29. The van der Waals surface area contributed by atoms with E-state index in [0.717, 1.165) is 0 Å². The second-order valence-electron chi connectivity index (χ2n) is 4.19. The first-order chi connectivity index (χ1) is 6.81.